The Bertz CT molecular complexity index is 1780. The van der Waals surface area contributed by atoms with Crippen LogP contribution in [0, 0.1) is 11.8 Å². The first kappa shape index (κ1) is 35.0. The molecule has 0 spiro atoms. The first-order valence-electron chi connectivity index (χ1n) is 17.5. The van der Waals surface area contributed by atoms with E-state index < -0.39 is 12.1 Å². The number of nitrogens with one attached hydrogen (secondary N) is 2. The zero-order valence-corrected chi connectivity index (χ0v) is 29.5. The van der Waals surface area contributed by atoms with Crippen molar-refractivity contribution in [2.75, 3.05) is 20.2 Å². The average molecular weight is 681 g/mol. The van der Waals surface area contributed by atoms with Gasteiger partial charge in [0.15, 0.2) is 0 Å². The second kappa shape index (κ2) is 15.4. The molecule has 12 nitrogen and oxygen atoms in total. The van der Waals surface area contributed by atoms with Gasteiger partial charge >= 0.3 is 0 Å². The van der Waals surface area contributed by atoms with E-state index in [1.807, 2.05) is 49.9 Å². The molecule has 6 rings (SSSR count). The number of H-pyrrole nitrogens is 2. The molecule has 0 bridgehead atoms. The minimum Gasteiger partial charge on any atom is -0.340 e. The van der Waals surface area contributed by atoms with Gasteiger partial charge in [0, 0.05) is 13.1 Å². The number of imidazole rings is 2. The van der Waals surface area contributed by atoms with Crippen LogP contribution in [0.3, 0.4) is 0 Å². The van der Waals surface area contributed by atoms with Gasteiger partial charge in [-0.1, -0.05) is 76.2 Å². The lowest BCUT2D eigenvalue weighted by molar-refractivity contribution is -0.188. The molecule has 2 amide bonds. The highest BCUT2D eigenvalue weighted by atomic mass is 17.2. The van der Waals surface area contributed by atoms with Gasteiger partial charge in [0.1, 0.15) is 17.7 Å². The minimum absolute atomic E-state index is 0.00131. The molecule has 2 fully saturated rings. The summed E-state index contributed by atoms with van der Waals surface area (Å²) in [4.78, 5) is 60.3. The van der Waals surface area contributed by atoms with Crippen molar-refractivity contribution >= 4 is 18.2 Å². The summed E-state index contributed by atoms with van der Waals surface area (Å²) in [7, 11) is 1.40. The fraction of sp³-hybridized carbons (Fsp3) is 0.447. The largest absolute Gasteiger partial charge is 0.340 e. The smallest absolute Gasteiger partial charge is 0.248 e. The maximum absolute atomic E-state index is 13.5. The predicted octanol–water partition coefficient (Wildman–Crippen LogP) is 6.08. The van der Waals surface area contributed by atoms with Crippen LogP contribution in [0.2, 0.25) is 0 Å². The van der Waals surface area contributed by atoms with Crippen LogP contribution in [-0.4, -0.2) is 80.2 Å². The molecular weight excluding hydrogens is 632 g/mol. The second-order valence-corrected chi connectivity index (χ2v) is 13.9. The summed E-state index contributed by atoms with van der Waals surface area (Å²) < 4.78 is 0. The molecule has 2 saturated heterocycles. The molecule has 0 radical (unpaired) electrons. The van der Waals surface area contributed by atoms with Gasteiger partial charge in [-0.25, -0.2) is 15.0 Å². The number of amides is 2. The second-order valence-electron chi connectivity index (χ2n) is 13.9. The van der Waals surface area contributed by atoms with Gasteiger partial charge in [-0.2, -0.15) is 4.89 Å². The molecular formula is C38H48N8O4. The normalized spacial score (nSPS) is 19.2. The number of carbonyl (C=O) groups excluding carboxylic acids is 2. The lowest BCUT2D eigenvalue weighted by Gasteiger charge is -2.27. The summed E-state index contributed by atoms with van der Waals surface area (Å²) in [5, 5.41) is 0. The number of aromatic amines is 2. The molecule has 4 heterocycles. The van der Waals surface area contributed by atoms with Crippen LogP contribution < -0.4 is 5.73 Å². The summed E-state index contributed by atoms with van der Waals surface area (Å²) in [5.41, 5.74) is 12.2. The number of hydrogen-bond acceptors (Lipinski definition) is 8. The van der Waals surface area contributed by atoms with Gasteiger partial charge in [0.2, 0.25) is 18.2 Å². The first-order valence-corrected chi connectivity index (χ1v) is 17.5. The Labute approximate surface area is 293 Å². The summed E-state index contributed by atoms with van der Waals surface area (Å²) in [6.07, 6.45) is 8.41. The molecule has 12 heteroatoms. The number of nitrogens with two attached hydrogens (primary N) is 1. The van der Waals surface area contributed by atoms with Gasteiger partial charge in [0.25, 0.3) is 0 Å². The van der Waals surface area contributed by atoms with E-state index in [0.717, 1.165) is 71.0 Å². The van der Waals surface area contributed by atoms with Crippen LogP contribution in [0.25, 0.3) is 33.6 Å². The van der Waals surface area contributed by atoms with E-state index in [9.17, 15) is 9.59 Å². The zero-order chi connectivity index (χ0) is 35.4. The van der Waals surface area contributed by atoms with Crippen LogP contribution in [0.1, 0.15) is 77.1 Å². The topological polar surface area (TPSA) is 155 Å². The molecule has 50 heavy (non-hydrogen) atoms. The lowest BCUT2D eigenvalue weighted by atomic mass is 10.0. The highest BCUT2D eigenvalue weighted by Crippen LogP contribution is 2.35. The van der Waals surface area contributed by atoms with Gasteiger partial charge in [-0.05, 0) is 59.8 Å². The fourth-order valence-corrected chi connectivity index (χ4v) is 6.92. The lowest BCUT2D eigenvalue weighted by Crippen LogP contribution is -2.46. The van der Waals surface area contributed by atoms with Crippen molar-refractivity contribution in [2.45, 2.75) is 77.5 Å². The van der Waals surface area contributed by atoms with Crippen molar-refractivity contribution in [3.8, 4) is 33.6 Å². The Morgan fingerprint density at radius 1 is 0.780 bits per heavy atom. The average Bonchev–Trinajstić information content (AvgIpc) is 3.95. The number of aliphatic imine (C=N–C) groups is 1. The van der Waals surface area contributed by atoms with E-state index in [2.05, 4.69) is 73.4 Å². The molecule has 4 atom stereocenters. The van der Waals surface area contributed by atoms with E-state index in [-0.39, 0.29) is 35.7 Å². The van der Waals surface area contributed by atoms with Crippen molar-refractivity contribution in [1.82, 2.24) is 29.7 Å². The quantitative estimate of drug-likeness (QED) is 0.0710. The Morgan fingerprint density at radius 3 is 1.68 bits per heavy atom. The molecule has 0 unspecified atom stereocenters. The Morgan fingerprint density at radius 2 is 1.24 bits per heavy atom. The molecule has 0 saturated carbocycles. The van der Waals surface area contributed by atoms with E-state index in [1.165, 1.54) is 13.5 Å². The third kappa shape index (κ3) is 7.36. The van der Waals surface area contributed by atoms with Crippen LogP contribution >= 0.6 is 0 Å². The zero-order valence-electron chi connectivity index (χ0n) is 29.5. The van der Waals surface area contributed by atoms with Crippen molar-refractivity contribution < 1.29 is 19.4 Å². The number of carbonyl (C=O) groups is 2. The molecule has 2 aromatic heterocycles. The number of hydrogen-bond donors (Lipinski definition) is 3. The minimum atomic E-state index is -0.562. The third-order valence-corrected chi connectivity index (χ3v) is 9.87. The summed E-state index contributed by atoms with van der Waals surface area (Å²) in [6.45, 7) is 9.25. The van der Waals surface area contributed by atoms with E-state index in [1.54, 1.807) is 0 Å². The summed E-state index contributed by atoms with van der Waals surface area (Å²) >= 11 is 0. The predicted molar refractivity (Wildman–Crippen MR) is 192 cm³/mol. The van der Waals surface area contributed by atoms with Crippen LogP contribution in [-0.2, 0) is 19.4 Å². The maximum Gasteiger partial charge on any atom is 0.248 e. The van der Waals surface area contributed by atoms with Gasteiger partial charge in [-0.15, -0.1) is 0 Å². The van der Waals surface area contributed by atoms with E-state index >= 15 is 0 Å². The highest BCUT2D eigenvalue weighted by molar-refractivity contribution is 5.84. The molecule has 2 aromatic carbocycles. The summed E-state index contributed by atoms with van der Waals surface area (Å²) in [5.74, 6) is 1.62. The monoisotopic (exact) mass is 680 g/mol. The summed E-state index contributed by atoms with van der Waals surface area (Å²) in [6, 6.07) is 15.5. The fourth-order valence-electron chi connectivity index (χ4n) is 6.92. The molecule has 4 N–H and O–H groups in total. The Hall–Kier alpha value is -4.81. The highest BCUT2D eigenvalue weighted by Gasteiger charge is 2.37. The number of rotatable bonds is 12. The van der Waals surface area contributed by atoms with Gasteiger partial charge in [-0.3, -0.25) is 9.59 Å². The van der Waals surface area contributed by atoms with E-state index in [0.29, 0.717) is 13.1 Å². The van der Waals surface area contributed by atoms with E-state index in [4.69, 9.17) is 15.6 Å². The first-order chi connectivity index (χ1) is 24.2. The molecule has 264 valence electrons. The van der Waals surface area contributed by atoms with Gasteiger partial charge in [0.05, 0.1) is 49.0 Å². The SMILES string of the molecule is COO/C=N/[C@H](C(=O)N1CCC[C@H]1c1ncc(-c2ccc(-c3ccc(-c4cnc([C@@H]5CCCN5C(=O)[C@@H](N)C(C)C)[nH]4)cc3)cc2)[nH]1)C(C)C. The van der Waals surface area contributed by atoms with Crippen molar-refractivity contribution in [2.24, 2.45) is 22.6 Å². The standard InChI is InChI=1S/C38H48N8O4/c1-23(2)33(39)37(47)45-18-6-8-31(45)35-40-20-29(43-35)27-14-10-25(11-15-27)26-12-16-28(17-13-26)30-21-41-36(44-30)32-9-7-19-46(32)38(48)34(24(3)4)42-22-50-49-5/h10-17,20-24,31-34H,6-9,18-19,39H2,1-5H3,(H,40,43)(H,41,44)/b42-22+/t31-,32-,33-,34-/m0/s1. The van der Waals surface area contributed by atoms with Crippen LogP contribution in [0.15, 0.2) is 65.9 Å². The van der Waals surface area contributed by atoms with Crippen LogP contribution in [0.4, 0.5) is 0 Å². The number of likely N-dealkylation sites (tertiary alicyclic amines) is 2. The maximum atomic E-state index is 13.5. The van der Waals surface area contributed by atoms with Crippen molar-refractivity contribution in [3.63, 3.8) is 0 Å². The van der Waals surface area contributed by atoms with Gasteiger partial charge < -0.3 is 30.4 Å². The number of nitrogens with zero attached hydrogens (tertiary/aromatic N) is 5. The van der Waals surface area contributed by atoms with Crippen molar-refractivity contribution in [3.05, 3.63) is 72.6 Å². The third-order valence-electron chi connectivity index (χ3n) is 9.87. The number of benzene rings is 2. The Balaban J connectivity index is 1.11. The molecule has 4 aromatic rings. The molecule has 0 aliphatic carbocycles. The molecule has 2 aliphatic rings. The number of aromatic nitrogens is 4. The van der Waals surface area contributed by atoms with Crippen LogP contribution in [0.5, 0.6) is 0 Å². The molecule has 2 aliphatic heterocycles. The Kier molecular flexibility index (Phi) is 10.8. The van der Waals surface area contributed by atoms with Crippen molar-refractivity contribution in [1.29, 1.82) is 0 Å².